The van der Waals surface area contributed by atoms with Crippen LogP contribution >= 0.6 is 0 Å². The summed E-state index contributed by atoms with van der Waals surface area (Å²) in [5.41, 5.74) is 1.19. The highest BCUT2D eigenvalue weighted by Crippen LogP contribution is 2.24. The van der Waals surface area contributed by atoms with Gasteiger partial charge in [0, 0.05) is 37.8 Å². The Kier molecular flexibility index (Phi) is 5.03. The number of nitriles is 1. The molecule has 10 heteroatoms. The van der Waals surface area contributed by atoms with Gasteiger partial charge in [-0.1, -0.05) is 0 Å². The lowest BCUT2D eigenvalue weighted by Crippen LogP contribution is -2.49. The van der Waals surface area contributed by atoms with Gasteiger partial charge in [-0.2, -0.15) is 23.0 Å². The number of anilines is 1. The number of benzene rings is 1. The van der Waals surface area contributed by atoms with Crippen LogP contribution in [0.1, 0.15) is 5.56 Å². The van der Waals surface area contributed by atoms with Crippen molar-refractivity contribution >= 4 is 16.1 Å². The zero-order valence-electron chi connectivity index (χ0n) is 14.0. The molecule has 1 N–H and O–H groups in total. The fourth-order valence-corrected chi connectivity index (χ4v) is 3.47. The second-order valence-corrected chi connectivity index (χ2v) is 7.31. The molecule has 0 bridgehead atoms. The van der Waals surface area contributed by atoms with E-state index in [-0.39, 0.29) is 19.0 Å². The minimum Gasteiger partial charge on any atom is -0.493 e. The van der Waals surface area contributed by atoms with E-state index in [9.17, 15) is 13.5 Å². The van der Waals surface area contributed by atoms with Gasteiger partial charge < -0.3 is 10.0 Å². The lowest BCUT2D eigenvalue weighted by molar-refractivity contribution is 0.301. The molecule has 1 aromatic carbocycles. The lowest BCUT2D eigenvalue weighted by Gasteiger charge is -2.33. The maximum Gasteiger partial charge on any atom is 0.338 e. The molecule has 0 saturated carbocycles. The Labute approximate surface area is 151 Å². The Hall–Kier alpha value is -2.74. The van der Waals surface area contributed by atoms with Gasteiger partial charge in [0.2, 0.25) is 5.88 Å². The minimum atomic E-state index is -3.69. The van der Waals surface area contributed by atoms with Crippen molar-refractivity contribution in [2.75, 3.05) is 38.2 Å². The van der Waals surface area contributed by atoms with Gasteiger partial charge in [-0.15, -0.1) is 0 Å². The summed E-state index contributed by atoms with van der Waals surface area (Å²) in [5.74, 6) is 0.657. The van der Waals surface area contributed by atoms with Gasteiger partial charge in [-0.25, -0.2) is 4.98 Å². The predicted octanol–water partition coefficient (Wildman–Crippen LogP) is 0.734. The molecule has 2 aromatic rings. The molecule has 0 aliphatic carbocycles. The minimum absolute atomic E-state index is 0.179. The average Bonchev–Trinajstić information content (AvgIpc) is 2.67. The Morgan fingerprint density at radius 3 is 2.38 bits per heavy atom. The summed E-state index contributed by atoms with van der Waals surface area (Å²) in [7, 11) is -2.56. The number of nitrogens with zero attached hydrogens (tertiary/aromatic N) is 5. The maximum atomic E-state index is 11.7. The van der Waals surface area contributed by atoms with Crippen LogP contribution in [-0.4, -0.2) is 61.1 Å². The van der Waals surface area contributed by atoms with Gasteiger partial charge in [0.15, 0.2) is 5.82 Å². The Balaban J connectivity index is 1.81. The summed E-state index contributed by atoms with van der Waals surface area (Å²) in [6.07, 6.45) is 0. The topological polar surface area (TPSA) is 120 Å². The van der Waals surface area contributed by atoms with E-state index in [1.165, 1.54) is 10.4 Å². The first kappa shape index (κ1) is 18.1. The van der Waals surface area contributed by atoms with Gasteiger partial charge >= 0.3 is 10.3 Å². The fourth-order valence-electron chi connectivity index (χ4n) is 2.65. The summed E-state index contributed by atoms with van der Waals surface area (Å²) in [4.78, 5) is 10.4. The summed E-state index contributed by atoms with van der Waals surface area (Å²) in [6.45, 7) is 1.33. The van der Waals surface area contributed by atoms with Crippen molar-refractivity contribution in [3.63, 3.8) is 0 Å². The largest absolute Gasteiger partial charge is 0.493 e. The van der Waals surface area contributed by atoms with Crippen molar-refractivity contribution in [2.45, 2.75) is 0 Å². The SMILES string of the molecule is COS(=O)(=O)N1CCN(c2cc(O)nc(-c3ccc(C#N)cc3)n2)CC1. The van der Waals surface area contributed by atoms with Crippen LogP contribution in [0.25, 0.3) is 11.4 Å². The molecule has 1 aliphatic rings. The van der Waals surface area contributed by atoms with Crippen LogP contribution in [0.3, 0.4) is 0 Å². The van der Waals surface area contributed by atoms with Gasteiger partial charge in [-0.05, 0) is 24.3 Å². The van der Waals surface area contributed by atoms with Crippen LogP contribution in [0, 0.1) is 11.3 Å². The van der Waals surface area contributed by atoms with Crippen molar-refractivity contribution in [3.8, 4) is 23.3 Å². The molecular weight excluding hydrogens is 358 g/mol. The lowest BCUT2D eigenvalue weighted by atomic mass is 10.1. The van der Waals surface area contributed by atoms with E-state index in [0.29, 0.717) is 35.9 Å². The van der Waals surface area contributed by atoms with Gasteiger partial charge in [0.1, 0.15) is 5.82 Å². The van der Waals surface area contributed by atoms with Crippen molar-refractivity contribution < 1.29 is 17.7 Å². The van der Waals surface area contributed by atoms with Gasteiger partial charge in [0.25, 0.3) is 0 Å². The van der Waals surface area contributed by atoms with Crippen LogP contribution in [0.2, 0.25) is 0 Å². The first-order valence-electron chi connectivity index (χ1n) is 7.82. The molecule has 1 aliphatic heterocycles. The number of aromatic hydroxyl groups is 1. The molecule has 0 spiro atoms. The molecule has 26 heavy (non-hydrogen) atoms. The molecule has 3 rings (SSSR count). The van der Waals surface area contributed by atoms with E-state index in [1.807, 2.05) is 11.0 Å². The summed E-state index contributed by atoms with van der Waals surface area (Å²) >= 11 is 0. The van der Waals surface area contributed by atoms with Crippen LogP contribution in [0.15, 0.2) is 30.3 Å². The standard InChI is InChI=1S/C16H17N5O4S/c1-25-26(23,24)21-8-6-20(7-9-21)14-10-15(22)19-16(18-14)13-4-2-12(11-17)3-5-13/h2-5,10H,6-9H2,1H3,(H,18,19,22). The fraction of sp³-hybridized carbons (Fsp3) is 0.312. The molecule has 0 amide bonds. The normalized spacial score (nSPS) is 15.6. The summed E-state index contributed by atoms with van der Waals surface area (Å²) in [5, 5.41) is 18.8. The first-order valence-corrected chi connectivity index (χ1v) is 9.18. The third-order valence-corrected chi connectivity index (χ3v) is 5.48. The second-order valence-electron chi connectivity index (χ2n) is 5.61. The Morgan fingerprint density at radius 2 is 1.81 bits per heavy atom. The summed E-state index contributed by atoms with van der Waals surface area (Å²) in [6, 6.07) is 10.2. The highest BCUT2D eigenvalue weighted by atomic mass is 32.2. The molecular formula is C16H17N5O4S. The molecule has 0 atom stereocenters. The molecule has 1 fully saturated rings. The number of aromatic nitrogens is 2. The highest BCUT2D eigenvalue weighted by Gasteiger charge is 2.27. The number of piperazine rings is 1. The van der Waals surface area contributed by atoms with E-state index in [2.05, 4.69) is 14.2 Å². The zero-order valence-corrected chi connectivity index (χ0v) is 14.8. The quantitative estimate of drug-likeness (QED) is 0.831. The van der Waals surface area contributed by atoms with Crippen molar-refractivity contribution in [1.29, 1.82) is 5.26 Å². The van der Waals surface area contributed by atoms with Crippen molar-refractivity contribution in [2.24, 2.45) is 0 Å². The smallest absolute Gasteiger partial charge is 0.338 e. The van der Waals surface area contributed by atoms with E-state index in [0.717, 1.165) is 7.11 Å². The second kappa shape index (κ2) is 7.25. The van der Waals surface area contributed by atoms with Crippen LogP contribution in [0.5, 0.6) is 5.88 Å². The third-order valence-electron chi connectivity index (χ3n) is 4.06. The molecule has 136 valence electrons. The predicted molar refractivity (Wildman–Crippen MR) is 93.6 cm³/mol. The number of rotatable bonds is 4. The first-order chi connectivity index (χ1) is 12.4. The molecule has 2 heterocycles. The molecule has 1 aromatic heterocycles. The van der Waals surface area contributed by atoms with E-state index in [1.54, 1.807) is 24.3 Å². The van der Waals surface area contributed by atoms with Crippen LogP contribution in [-0.2, 0) is 14.5 Å². The van der Waals surface area contributed by atoms with Gasteiger partial charge in [-0.3, -0.25) is 4.18 Å². The Bertz CT molecular complexity index is 932. The summed E-state index contributed by atoms with van der Waals surface area (Å²) < 4.78 is 29.3. The van der Waals surface area contributed by atoms with Crippen LogP contribution in [0.4, 0.5) is 5.82 Å². The monoisotopic (exact) mass is 375 g/mol. The number of hydrogen-bond acceptors (Lipinski definition) is 8. The van der Waals surface area contributed by atoms with Crippen LogP contribution < -0.4 is 4.90 Å². The molecule has 0 unspecified atom stereocenters. The van der Waals surface area contributed by atoms with Crippen molar-refractivity contribution in [3.05, 3.63) is 35.9 Å². The molecule has 9 nitrogen and oxygen atoms in total. The molecule has 1 saturated heterocycles. The maximum absolute atomic E-state index is 11.7. The van der Waals surface area contributed by atoms with E-state index >= 15 is 0 Å². The average molecular weight is 375 g/mol. The number of hydrogen-bond donors (Lipinski definition) is 1. The van der Waals surface area contributed by atoms with E-state index in [4.69, 9.17) is 5.26 Å². The highest BCUT2D eigenvalue weighted by molar-refractivity contribution is 7.84. The molecule has 0 radical (unpaired) electrons. The third kappa shape index (κ3) is 3.75. The van der Waals surface area contributed by atoms with Gasteiger partial charge in [0.05, 0.1) is 18.7 Å². The van der Waals surface area contributed by atoms with Crippen molar-refractivity contribution in [1.82, 2.24) is 14.3 Å². The zero-order chi connectivity index (χ0) is 18.7. The Morgan fingerprint density at radius 1 is 1.15 bits per heavy atom. The van der Waals surface area contributed by atoms with E-state index < -0.39 is 10.3 Å².